The molecule has 0 spiro atoms. The number of nitrogens with one attached hydrogen (secondary N) is 1. The molecule has 0 aliphatic heterocycles. The number of anilines is 1. The number of hydrogen-bond acceptors (Lipinski definition) is 4. The number of carboxylic acid groups (broad SMARTS) is 1. The Hall–Kier alpha value is -2.14. The molecule has 0 radical (unpaired) electrons. The molecule has 114 valence electrons. The number of carbonyl (C=O) groups is 1. The SMILES string of the molecule is O=C(O)c1cnc(NC2CCC(c3cccc(Cl)c3)C2)nc1. The lowest BCUT2D eigenvalue weighted by Gasteiger charge is -2.13. The smallest absolute Gasteiger partial charge is 0.338 e. The van der Waals surface area contributed by atoms with Gasteiger partial charge in [-0.15, -0.1) is 0 Å². The molecule has 2 unspecified atom stereocenters. The van der Waals surface area contributed by atoms with Crippen LogP contribution in [0.3, 0.4) is 0 Å². The summed E-state index contributed by atoms with van der Waals surface area (Å²) in [6, 6.07) is 8.28. The lowest BCUT2D eigenvalue weighted by atomic mass is 9.97. The molecule has 1 aliphatic carbocycles. The fourth-order valence-corrected chi connectivity index (χ4v) is 3.07. The Morgan fingerprint density at radius 1 is 1.27 bits per heavy atom. The summed E-state index contributed by atoms with van der Waals surface area (Å²) < 4.78 is 0. The topological polar surface area (TPSA) is 75.1 Å². The zero-order valence-electron chi connectivity index (χ0n) is 11.9. The number of nitrogens with zero attached hydrogens (tertiary/aromatic N) is 2. The van der Waals surface area contributed by atoms with Gasteiger partial charge in [-0.25, -0.2) is 14.8 Å². The summed E-state index contributed by atoms with van der Waals surface area (Å²) in [5.74, 6) is -0.0651. The van der Waals surface area contributed by atoms with Crippen LogP contribution in [0.2, 0.25) is 5.02 Å². The van der Waals surface area contributed by atoms with E-state index in [1.807, 2.05) is 18.2 Å². The van der Waals surface area contributed by atoms with Crippen molar-refractivity contribution in [2.24, 2.45) is 0 Å². The molecule has 0 bridgehead atoms. The van der Waals surface area contributed by atoms with E-state index in [2.05, 4.69) is 21.4 Å². The molecule has 3 rings (SSSR count). The van der Waals surface area contributed by atoms with Crippen LogP contribution in [0, 0.1) is 0 Å². The Balaban J connectivity index is 1.62. The molecule has 0 saturated heterocycles. The summed E-state index contributed by atoms with van der Waals surface area (Å²) in [6.45, 7) is 0. The van der Waals surface area contributed by atoms with Gasteiger partial charge in [0, 0.05) is 23.5 Å². The third-order valence-electron chi connectivity index (χ3n) is 3.98. The Morgan fingerprint density at radius 2 is 2.05 bits per heavy atom. The molecule has 1 saturated carbocycles. The van der Waals surface area contributed by atoms with E-state index in [1.165, 1.54) is 18.0 Å². The first-order valence-corrected chi connectivity index (χ1v) is 7.57. The Kier molecular flexibility index (Phi) is 4.24. The van der Waals surface area contributed by atoms with Gasteiger partial charge in [-0.2, -0.15) is 0 Å². The van der Waals surface area contributed by atoms with Gasteiger partial charge in [0.2, 0.25) is 5.95 Å². The van der Waals surface area contributed by atoms with E-state index >= 15 is 0 Å². The van der Waals surface area contributed by atoms with Crippen molar-refractivity contribution in [1.82, 2.24) is 9.97 Å². The van der Waals surface area contributed by atoms with Crippen molar-refractivity contribution in [3.8, 4) is 0 Å². The second kappa shape index (κ2) is 6.32. The first-order chi connectivity index (χ1) is 10.6. The number of aromatic carboxylic acids is 1. The standard InChI is InChI=1S/C16H16ClN3O2/c17-13-3-1-2-10(6-13)11-4-5-14(7-11)20-16-18-8-12(9-19-16)15(21)22/h1-3,6,8-9,11,14H,4-5,7H2,(H,21,22)(H,18,19,20). The first-order valence-electron chi connectivity index (χ1n) is 7.19. The van der Waals surface area contributed by atoms with Gasteiger partial charge in [0.05, 0.1) is 5.56 Å². The highest BCUT2D eigenvalue weighted by atomic mass is 35.5. The van der Waals surface area contributed by atoms with Crippen molar-refractivity contribution in [1.29, 1.82) is 0 Å². The maximum atomic E-state index is 10.8. The molecule has 1 aliphatic rings. The minimum atomic E-state index is -1.02. The van der Waals surface area contributed by atoms with E-state index in [0.29, 0.717) is 17.9 Å². The molecule has 1 heterocycles. The highest BCUT2D eigenvalue weighted by molar-refractivity contribution is 6.30. The molecule has 5 nitrogen and oxygen atoms in total. The molecule has 1 aromatic carbocycles. The summed E-state index contributed by atoms with van der Waals surface area (Å²) in [7, 11) is 0. The van der Waals surface area contributed by atoms with Crippen molar-refractivity contribution in [2.75, 3.05) is 5.32 Å². The van der Waals surface area contributed by atoms with Crippen molar-refractivity contribution in [3.63, 3.8) is 0 Å². The molecule has 0 amide bonds. The lowest BCUT2D eigenvalue weighted by Crippen LogP contribution is -2.17. The van der Waals surface area contributed by atoms with Gasteiger partial charge in [-0.1, -0.05) is 23.7 Å². The van der Waals surface area contributed by atoms with Crippen LogP contribution in [0.25, 0.3) is 0 Å². The summed E-state index contributed by atoms with van der Waals surface area (Å²) in [4.78, 5) is 18.9. The second-order valence-corrected chi connectivity index (χ2v) is 5.94. The second-order valence-electron chi connectivity index (χ2n) is 5.51. The van der Waals surface area contributed by atoms with Crippen LogP contribution >= 0.6 is 11.6 Å². The molecule has 2 aromatic rings. The molecule has 6 heteroatoms. The molecular weight excluding hydrogens is 302 g/mol. The van der Waals surface area contributed by atoms with Crippen LogP contribution in [-0.4, -0.2) is 27.1 Å². The van der Waals surface area contributed by atoms with E-state index in [0.717, 1.165) is 24.3 Å². The van der Waals surface area contributed by atoms with Gasteiger partial charge >= 0.3 is 5.97 Å². The van der Waals surface area contributed by atoms with E-state index in [9.17, 15) is 4.79 Å². The Morgan fingerprint density at radius 3 is 2.73 bits per heavy atom. The van der Waals surface area contributed by atoms with Gasteiger partial charge in [0.15, 0.2) is 0 Å². The maximum absolute atomic E-state index is 10.8. The molecule has 1 fully saturated rings. The van der Waals surface area contributed by atoms with Crippen molar-refractivity contribution < 1.29 is 9.90 Å². The average Bonchev–Trinajstić information content (AvgIpc) is 2.96. The average molecular weight is 318 g/mol. The third kappa shape index (κ3) is 3.36. The Labute approximate surface area is 133 Å². The summed E-state index contributed by atoms with van der Waals surface area (Å²) in [5, 5.41) is 12.9. The number of carboxylic acids is 1. The van der Waals surface area contributed by atoms with E-state index in [-0.39, 0.29) is 5.56 Å². The van der Waals surface area contributed by atoms with Crippen LogP contribution in [0.1, 0.15) is 41.1 Å². The van der Waals surface area contributed by atoms with Crippen LogP contribution in [0.4, 0.5) is 5.95 Å². The van der Waals surface area contributed by atoms with Crippen molar-refractivity contribution in [2.45, 2.75) is 31.2 Å². The predicted octanol–water partition coefficient (Wildman–Crippen LogP) is 3.58. The largest absolute Gasteiger partial charge is 0.478 e. The number of hydrogen-bond donors (Lipinski definition) is 2. The van der Waals surface area contributed by atoms with E-state index in [4.69, 9.17) is 16.7 Å². The van der Waals surface area contributed by atoms with Crippen LogP contribution < -0.4 is 5.32 Å². The molecule has 22 heavy (non-hydrogen) atoms. The Bertz CT molecular complexity index is 675. The minimum absolute atomic E-state index is 0.0915. The number of benzene rings is 1. The van der Waals surface area contributed by atoms with Gasteiger partial charge in [0.25, 0.3) is 0 Å². The number of rotatable bonds is 4. The third-order valence-corrected chi connectivity index (χ3v) is 4.22. The van der Waals surface area contributed by atoms with Gasteiger partial charge < -0.3 is 10.4 Å². The molecule has 2 atom stereocenters. The normalized spacial score (nSPS) is 20.8. The van der Waals surface area contributed by atoms with Crippen molar-refractivity contribution in [3.05, 3.63) is 52.8 Å². The monoisotopic (exact) mass is 317 g/mol. The molecule has 2 N–H and O–H groups in total. The maximum Gasteiger partial charge on any atom is 0.338 e. The zero-order chi connectivity index (χ0) is 15.5. The van der Waals surface area contributed by atoms with Crippen LogP contribution in [0.5, 0.6) is 0 Å². The van der Waals surface area contributed by atoms with Crippen molar-refractivity contribution >= 4 is 23.5 Å². The van der Waals surface area contributed by atoms with Crippen LogP contribution in [0.15, 0.2) is 36.7 Å². The number of aromatic nitrogens is 2. The summed E-state index contributed by atoms with van der Waals surface area (Å²) in [5.41, 5.74) is 1.35. The highest BCUT2D eigenvalue weighted by Gasteiger charge is 2.26. The highest BCUT2D eigenvalue weighted by Crippen LogP contribution is 2.36. The lowest BCUT2D eigenvalue weighted by molar-refractivity contribution is 0.0696. The number of halogens is 1. The van der Waals surface area contributed by atoms with E-state index < -0.39 is 5.97 Å². The fraction of sp³-hybridized carbons (Fsp3) is 0.312. The summed E-state index contributed by atoms with van der Waals surface area (Å²) in [6.07, 6.45) is 5.75. The quantitative estimate of drug-likeness (QED) is 0.901. The van der Waals surface area contributed by atoms with Gasteiger partial charge in [0.1, 0.15) is 0 Å². The summed E-state index contributed by atoms with van der Waals surface area (Å²) >= 11 is 6.05. The molecule has 1 aromatic heterocycles. The molecular formula is C16H16ClN3O2. The van der Waals surface area contributed by atoms with Crippen LogP contribution in [-0.2, 0) is 0 Å². The zero-order valence-corrected chi connectivity index (χ0v) is 12.6. The van der Waals surface area contributed by atoms with Gasteiger partial charge in [-0.05, 0) is 42.9 Å². The van der Waals surface area contributed by atoms with Gasteiger partial charge in [-0.3, -0.25) is 0 Å². The first kappa shape index (κ1) is 14.8. The minimum Gasteiger partial charge on any atom is -0.478 e. The predicted molar refractivity (Wildman–Crippen MR) is 84.4 cm³/mol. The fourth-order valence-electron chi connectivity index (χ4n) is 2.87. The van der Waals surface area contributed by atoms with E-state index in [1.54, 1.807) is 0 Å².